The summed E-state index contributed by atoms with van der Waals surface area (Å²) in [5.41, 5.74) is 1.72. The largest absolute Gasteiger partial charge is 0.506 e. The van der Waals surface area contributed by atoms with E-state index in [9.17, 15) is 9.90 Å². The summed E-state index contributed by atoms with van der Waals surface area (Å²) in [6, 6.07) is 12.3. The average Bonchev–Trinajstić information content (AvgIpc) is 2.73. The van der Waals surface area contributed by atoms with E-state index in [0.29, 0.717) is 28.4 Å². The summed E-state index contributed by atoms with van der Waals surface area (Å²) >= 11 is 0. The standard InChI is InChI=1S/C23H22O5/c1-6-15(3)21-14-18(28-17-10-8-9-16(13-17)26-4)11-12-20(21)22(24)19(7-2)23(25)27-5/h2,6,8-14,24H,1,3-5H3/b15-6-,22-19-. The molecule has 28 heavy (non-hydrogen) atoms. The van der Waals surface area contributed by atoms with E-state index in [1.165, 1.54) is 7.11 Å². The summed E-state index contributed by atoms with van der Waals surface area (Å²) in [5, 5.41) is 10.6. The van der Waals surface area contributed by atoms with Crippen molar-refractivity contribution in [2.75, 3.05) is 14.2 Å². The number of aliphatic hydroxyl groups is 1. The molecule has 0 amide bonds. The van der Waals surface area contributed by atoms with E-state index in [0.717, 1.165) is 5.57 Å². The Balaban J connectivity index is 2.54. The number of benzene rings is 2. The number of hydrogen-bond donors (Lipinski definition) is 1. The zero-order valence-electron chi connectivity index (χ0n) is 16.3. The SMILES string of the molecule is C#C/C(C(=O)OC)=C(/O)c1ccc(Oc2cccc(OC)c2)cc1/C(C)=C\C. The van der Waals surface area contributed by atoms with Crippen molar-refractivity contribution < 1.29 is 24.1 Å². The number of carbonyl (C=O) groups excluding carboxylic acids is 1. The number of carbonyl (C=O) groups is 1. The highest BCUT2D eigenvalue weighted by Crippen LogP contribution is 2.32. The smallest absolute Gasteiger partial charge is 0.350 e. The van der Waals surface area contributed by atoms with Gasteiger partial charge >= 0.3 is 5.97 Å². The lowest BCUT2D eigenvalue weighted by atomic mass is 9.97. The lowest BCUT2D eigenvalue weighted by molar-refractivity contribution is -0.135. The molecule has 2 rings (SSSR count). The summed E-state index contributed by atoms with van der Waals surface area (Å²) in [6.07, 6.45) is 7.27. The monoisotopic (exact) mass is 378 g/mol. The topological polar surface area (TPSA) is 65.0 Å². The molecular formula is C23H22O5. The summed E-state index contributed by atoms with van der Waals surface area (Å²) in [4.78, 5) is 11.8. The van der Waals surface area contributed by atoms with Crippen LogP contribution in [-0.2, 0) is 9.53 Å². The van der Waals surface area contributed by atoms with E-state index in [2.05, 4.69) is 10.7 Å². The van der Waals surface area contributed by atoms with Gasteiger partial charge in [0.15, 0.2) is 5.57 Å². The van der Waals surface area contributed by atoms with Crippen LogP contribution < -0.4 is 9.47 Å². The molecule has 0 unspecified atom stereocenters. The second-order valence-corrected chi connectivity index (χ2v) is 5.82. The predicted octanol–water partition coefficient (Wildman–Crippen LogP) is 4.99. The van der Waals surface area contributed by atoms with Gasteiger partial charge in [0, 0.05) is 11.6 Å². The van der Waals surface area contributed by atoms with Crippen molar-refractivity contribution in [1.82, 2.24) is 0 Å². The second kappa shape index (κ2) is 9.33. The summed E-state index contributed by atoms with van der Waals surface area (Å²) in [7, 11) is 2.79. The molecular weight excluding hydrogens is 356 g/mol. The van der Waals surface area contributed by atoms with Gasteiger partial charge in [-0.3, -0.25) is 0 Å². The number of aliphatic hydroxyl groups excluding tert-OH is 1. The maximum atomic E-state index is 11.8. The van der Waals surface area contributed by atoms with Crippen LogP contribution in [0, 0.1) is 12.3 Å². The number of ether oxygens (including phenoxy) is 3. The van der Waals surface area contributed by atoms with Crippen molar-refractivity contribution in [2.45, 2.75) is 13.8 Å². The first-order valence-corrected chi connectivity index (χ1v) is 8.52. The highest BCUT2D eigenvalue weighted by Gasteiger charge is 2.19. The molecule has 1 N–H and O–H groups in total. The molecule has 0 heterocycles. The van der Waals surface area contributed by atoms with Gasteiger partial charge in [-0.1, -0.05) is 18.1 Å². The van der Waals surface area contributed by atoms with E-state index < -0.39 is 5.97 Å². The first-order chi connectivity index (χ1) is 13.4. The van der Waals surface area contributed by atoms with Crippen LogP contribution in [-0.4, -0.2) is 25.3 Å². The fraction of sp³-hybridized carbons (Fsp3) is 0.174. The Bertz CT molecular complexity index is 977. The molecule has 5 heteroatoms. The number of allylic oxidation sites excluding steroid dienone is 2. The Morgan fingerprint density at radius 2 is 1.75 bits per heavy atom. The van der Waals surface area contributed by atoms with Crippen LogP contribution in [0.1, 0.15) is 25.0 Å². The van der Waals surface area contributed by atoms with Gasteiger partial charge in [0.25, 0.3) is 0 Å². The van der Waals surface area contributed by atoms with Gasteiger partial charge in [-0.05, 0) is 55.3 Å². The van der Waals surface area contributed by atoms with Gasteiger partial charge in [-0.15, -0.1) is 6.42 Å². The highest BCUT2D eigenvalue weighted by atomic mass is 16.5. The van der Waals surface area contributed by atoms with Crippen molar-refractivity contribution >= 4 is 17.3 Å². The molecule has 0 spiro atoms. The molecule has 0 saturated carbocycles. The van der Waals surface area contributed by atoms with Crippen LogP contribution in [0.25, 0.3) is 11.3 Å². The molecule has 5 nitrogen and oxygen atoms in total. The Labute approximate surface area is 164 Å². The highest BCUT2D eigenvalue weighted by molar-refractivity contribution is 6.01. The van der Waals surface area contributed by atoms with Gasteiger partial charge in [-0.25, -0.2) is 4.79 Å². The third kappa shape index (κ3) is 4.54. The van der Waals surface area contributed by atoms with Crippen molar-refractivity contribution in [3.05, 3.63) is 65.2 Å². The minimum Gasteiger partial charge on any atom is -0.506 e. The second-order valence-electron chi connectivity index (χ2n) is 5.82. The maximum absolute atomic E-state index is 11.8. The Morgan fingerprint density at radius 3 is 2.36 bits per heavy atom. The normalized spacial score (nSPS) is 11.9. The number of rotatable bonds is 6. The minimum absolute atomic E-state index is 0.242. The molecule has 0 aliphatic heterocycles. The van der Waals surface area contributed by atoms with Gasteiger partial charge in [0.1, 0.15) is 23.0 Å². The average molecular weight is 378 g/mol. The minimum atomic E-state index is -0.777. The molecule has 0 aromatic heterocycles. The quantitative estimate of drug-likeness (QED) is 0.332. The third-order valence-corrected chi connectivity index (χ3v) is 4.15. The van der Waals surface area contributed by atoms with Gasteiger partial charge in [-0.2, -0.15) is 0 Å². The van der Waals surface area contributed by atoms with Crippen LogP contribution in [0.4, 0.5) is 0 Å². The first kappa shape index (κ1) is 20.7. The van der Waals surface area contributed by atoms with Crippen LogP contribution in [0.5, 0.6) is 17.2 Å². The molecule has 0 fully saturated rings. The van der Waals surface area contributed by atoms with Crippen LogP contribution in [0.15, 0.2) is 54.1 Å². The third-order valence-electron chi connectivity index (χ3n) is 4.15. The van der Waals surface area contributed by atoms with Crippen molar-refractivity contribution in [2.24, 2.45) is 0 Å². The van der Waals surface area contributed by atoms with Crippen LogP contribution in [0.2, 0.25) is 0 Å². The molecule has 2 aromatic rings. The van der Waals surface area contributed by atoms with E-state index in [1.807, 2.05) is 38.1 Å². The zero-order chi connectivity index (χ0) is 20.7. The van der Waals surface area contributed by atoms with Crippen molar-refractivity contribution in [3.8, 4) is 29.6 Å². The van der Waals surface area contributed by atoms with E-state index in [1.54, 1.807) is 31.4 Å². The Kier molecular flexibility index (Phi) is 6.89. The molecule has 144 valence electrons. The molecule has 0 bridgehead atoms. The number of terminal acetylenes is 1. The van der Waals surface area contributed by atoms with Crippen LogP contribution in [0.3, 0.4) is 0 Å². The van der Waals surface area contributed by atoms with E-state index in [4.69, 9.17) is 15.9 Å². The summed E-state index contributed by atoms with van der Waals surface area (Å²) in [5.74, 6) is 2.94. The molecule has 0 atom stereocenters. The molecule has 0 aliphatic rings. The summed E-state index contributed by atoms with van der Waals surface area (Å²) in [6.45, 7) is 3.76. The summed E-state index contributed by atoms with van der Waals surface area (Å²) < 4.78 is 15.8. The van der Waals surface area contributed by atoms with Crippen molar-refractivity contribution in [3.63, 3.8) is 0 Å². The lowest BCUT2D eigenvalue weighted by Gasteiger charge is -2.14. The number of methoxy groups -OCH3 is 2. The van der Waals surface area contributed by atoms with Gasteiger partial charge < -0.3 is 19.3 Å². The number of esters is 1. The molecule has 0 radical (unpaired) electrons. The molecule has 0 saturated heterocycles. The fourth-order valence-electron chi connectivity index (χ4n) is 2.54. The van der Waals surface area contributed by atoms with E-state index >= 15 is 0 Å². The molecule has 0 aliphatic carbocycles. The Morgan fingerprint density at radius 1 is 1.07 bits per heavy atom. The Hall–Kier alpha value is -3.65. The predicted molar refractivity (Wildman–Crippen MR) is 109 cm³/mol. The molecule has 2 aromatic carbocycles. The van der Waals surface area contributed by atoms with Gasteiger partial charge in [0.05, 0.1) is 14.2 Å². The fourth-order valence-corrected chi connectivity index (χ4v) is 2.54. The lowest BCUT2D eigenvalue weighted by Crippen LogP contribution is -2.07. The zero-order valence-corrected chi connectivity index (χ0v) is 16.3. The maximum Gasteiger partial charge on any atom is 0.350 e. The first-order valence-electron chi connectivity index (χ1n) is 8.52. The van der Waals surface area contributed by atoms with Crippen LogP contribution >= 0.6 is 0 Å². The number of hydrogen-bond acceptors (Lipinski definition) is 5. The van der Waals surface area contributed by atoms with Crippen molar-refractivity contribution in [1.29, 1.82) is 0 Å². The van der Waals surface area contributed by atoms with Gasteiger partial charge in [0.2, 0.25) is 0 Å². The van der Waals surface area contributed by atoms with E-state index in [-0.39, 0.29) is 11.3 Å².